The Morgan fingerprint density at radius 3 is 2.03 bits per heavy atom. The quantitative estimate of drug-likeness (QED) is 0.346. The Hall–Kier alpha value is -3.19. The molecule has 2 rings (SSSR count). The van der Waals surface area contributed by atoms with Crippen LogP contribution in [0.3, 0.4) is 0 Å². The van der Waals surface area contributed by atoms with Crippen molar-refractivity contribution in [2.45, 2.75) is 0 Å². The van der Waals surface area contributed by atoms with Crippen molar-refractivity contribution in [3.8, 4) is 23.0 Å². The summed E-state index contributed by atoms with van der Waals surface area (Å²) in [7, 11) is 5.97. The number of rotatable bonds is 9. The van der Waals surface area contributed by atoms with Gasteiger partial charge in [-0.05, 0) is 42.0 Å². The van der Waals surface area contributed by atoms with Crippen molar-refractivity contribution in [3.63, 3.8) is 0 Å². The first-order chi connectivity index (χ1) is 13.9. The van der Waals surface area contributed by atoms with Gasteiger partial charge in [0.05, 0.1) is 33.5 Å². The highest BCUT2D eigenvalue weighted by Crippen LogP contribution is 2.38. The van der Waals surface area contributed by atoms with E-state index in [0.717, 1.165) is 0 Å². The smallest absolute Gasteiger partial charge is 0.331 e. The summed E-state index contributed by atoms with van der Waals surface area (Å²) in [4.78, 5) is 24.1. The first kappa shape index (κ1) is 22.1. The van der Waals surface area contributed by atoms with Crippen LogP contribution in [0.5, 0.6) is 23.0 Å². The zero-order valence-corrected chi connectivity index (χ0v) is 17.2. The topological polar surface area (TPSA) is 80.3 Å². The average molecular weight is 421 g/mol. The molecule has 0 aliphatic rings. The van der Waals surface area contributed by atoms with E-state index in [-0.39, 0.29) is 5.78 Å². The van der Waals surface area contributed by atoms with E-state index < -0.39 is 12.6 Å². The largest absolute Gasteiger partial charge is 0.495 e. The van der Waals surface area contributed by atoms with Gasteiger partial charge in [-0.1, -0.05) is 11.6 Å². The van der Waals surface area contributed by atoms with Gasteiger partial charge in [-0.25, -0.2) is 4.79 Å². The minimum absolute atomic E-state index is 0.298. The summed E-state index contributed by atoms with van der Waals surface area (Å²) in [5, 5.41) is 0.298. The van der Waals surface area contributed by atoms with Gasteiger partial charge in [0.15, 0.2) is 23.9 Å². The van der Waals surface area contributed by atoms with E-state index in [9.17, 15) is 9.59 Å². The minimum Gasteiger partial charge on any atom is -0.495 e. The van der Waals surface area contributed by atoms with E-state index in [1.165, 1.54) is 46.7 Å². The first-order valence-electron chi connectivity index (χ1n) is 8.45. The van der Waals surface area contributed by atoms with Crippen molar-refractivity contribution in [2.75, 3.05) is 35.0 Å². The van der Waals surface area contributed by atoms with Crippen LogP contribution >= 0.6 is 11.6 Å². The third-order valence-electron chi connectivity index (χ3n) is 3.92. The molecule has 0 spiro atoms. The summed E-state index contributed by atoms with van der Waals surface area (Å²) >= 11 is 6.00. The molecule has 0 unspecified atom stereocenters. The maximum absolute atomic E-state index is 12.2. The van der Waals surface area contributed by atoms with Gasteiger partial charge in [-0.15, -0.1) is 0 Å². The third-order valence-corrected chi connectivity index (χ3v) is 4.21. The number of ketones is 1. The third kappa shape index (κ3) is 5.65. The Morgan fingerprint density at radius 2 is 1.52 bits per heavy atom. The minimum atomic E-state index is -0.674. The lowest BCUT2D eigenvalue weighted by Gasteiger charge is -2.12. The van der Waals surface area contributed by atoms with E-state index >= 15 is 0 Å². The fourth-order valence-corrected chi connectivity index (χ4v) is 2.73. The maximum atomic E-state index is 12.2. The van der Waals surface area contributed by atoms with Crippen LogP contribution in [0.25, 0.3) is 6.08 Å². The van der Waals surface area contributed by atoms with Gasteiger partial charge in [0, 0.05) is 11.6 Å². The molecular formula is C21H21ClO7. The molecule has 154 valence electrons. The zero-order chi connectivity index (χ0) is 21.4. The number of hydrogen-bond donors (Lipinski definition) is 0. The molecule has 0 N–H and O–H groups in total. The lowest BCUT2D eigenvalue weighted by Crippen LogP contribution is -2.12. The van der Waals surface area contributed by atoms with Gasteiger partial charge >= 0.3 is 5.97 Å². The summed E-state index contributed by atoms with van der Waals surface area (Å²) in [5.74, 6) is 0.737. The fourth-order valence-electron chi connectivity index (χ4n) is 2.47. The van der Waals surface area contributed by atoms with E-state index in [4.69, 9.17) is 35.3 Å². The molecule has 0 fully saturated rings. The molecule has 0 atom stereocenters. The zero-order valence-electron chi connectivity index (χ0n) is 16.5. The van der Waals surface area contributed by atoms with Gasteiger partial charge in [-0.3, -0.25) is 4.79 Å². The molecule has 0 radical (unpaired) electrons. The van der Waals surface area contributed by atoms with Crippen LogP contribution in [0.2, 0.25) is 5.02 Å². The van der Waals surface area contributed by atoms with Crippen molar-refractivity contribution in [1.29, 1.82) is 0 Å². The lowest BCUT2D eigenvalue weighted by molar-refractivity contribution is -0.136. The summed E-state index contributed by atoms with van der Waals surface area (Å²) < 4.78 is 25.8. The van der Waals surface area contributed by atoms with E-state index in [0.29, 0.717) is 39.1 Å². The van der Waals surface area contributed by atoms with Crippen LogP contribution in [0.1, 0.15) is 15.9 Å². The number of carbonyl (C=O) groups is 2. The number of Topliss-reactive ketones (excluding diaryl/α,β-unsaturated/α-hetero) is 1. The van der Waals surface area contributed by atoms with Crippen molar-refractivity contribution >= 4 is 29.4 Å². The molecule has 2 aromatic carbocycles. The Bertz CT molecular complexity index is 896. The van der Waals surface area contributed by atoms with E-state index in [1.54, 1.807) is 24.3 Å². The number of carbonyl (C=O) groups excluding carboxylic acids is 2. The predicted molar refractivity (Wildman–Crippen MR) is 108 cm³/mol. The SMILES string of the molecule is COc1ccc(C(=O)COC(=O)/C=C/c2cc(OC)c(OC)c(OC)c2)cc1Cl. The first-order valence-corrected chi connectivity index (χ1v) is 8.82. The Kier molecular flexibility index (Phi) is 7.91. The van der Waals surface area contributed by atoms with Gasteiger partial charge < -0.3 is 23.7 Å². The highest BCUT2D eigenvalue weighted by molar-refractivity contribution is 6.32. The molecule has 2 aromatic rings. The number of methoxy groups -OCH3 is 4. The van der Waals surface area contributed by atoms with Gasteiger partial charge in [-0.2, -0.15) is 0 Å². The molecule has 0 aliphatic carbocycles. The second-order valence-corrected chi connectivity index (χ2v) is 6.08. The Morgan fingerprint density at radius 1 is 0.897 bits per heavy atom. The van der Waals surface area contributed by atoms with Crippen molar-refractivity contribution in [1.82, 2.24) is 0 Å². The molecule has 0 saturated carbocycles. The lowest BCUT2D eigenvalue weighted by atomic mass is 10.1. The molecule has 7 nitrogen and oxygen atoms in total. The van der Waals surface area contributed by atoms with Crippen LogP contribution in [0.4, 0.5) is 0 Å². The van der Waals surface area contributed by atoms with Crippen LogP contribution in [-0.4, -0.2) is 46.8 Å². The van der Waals surface area contributed by atoms with E-state index in [2.05, 4.69) is 0 Å². The van der Waals surface area contributed by atoms with Gasteiger partial charge in [0.2, 0.25) is 5.75 Å². The van der Waals surface area contributed by atoms with Crippen LogP contribution < -0.4 is 18.9 Å². The molecule has 29 heavy (non-hydrogen) atoms. The molecule has 0 heterocycles. The maximum Gasteiger partial charge on any atom is 0.331 e. The Labute approximate surface area is 173 Å². The highest BCUT2D eigenvalue weighted by atomic mass is 35.5. The van der Waals surface area contributed by atoms with Crippen molar-refractivity contribution in [3.05, 3.63) is 52.6 Å². The summed E-state index contributed by atoms with van der Waals surface area (Å²) in [5.41, 5.74) is 0.946. The number of ether oxygens (including phenoxy) is 5. The van der Waals surface area contributed by atoms with Gasteiger partial charge in [0.1, 0.15) is 5.75 Å². The molecule has 0 bridgehead atoms. The molecule has 0 saturated heterocycles. The van der Waals surface area contributed by atoms with Crippen molar-refractivity contribution < 1.29 is 33.3 Å². The normalized spacial score (nSPS) is 10.5. The number of benzene rings is 2. The second-order valence-electron chi connectivity index (χ2n) is 5.67. The molecular weight excluding hydrogens is 400 g/mol. The predicted octanol–water partition coefficient (Wildman–Crippen LogP) is 3.81. The van der Waals surface area contributed by atoms with Crippen LogP contribution in [-0.2, 0) is 9.53 Å². The number of hydrogen-bond acceptors (Lipinski definition) is 7. The van der Waals surface area contributed by atoms with Crippen LogP contribution in [0.15, 0.2) is 36.4 Å². The summed E-state index contributed by atoms with van der Waals surface area (Å²) in [6.45, 7) is -0.416. The number of esters is 1. The van der Waals surface area contributed by atoms with Crippen molar-refractivity contribution in [2.24, 2.45) is 0 Å². The summed E-state index contributed by atoms with van der Waals surface area (Å²) in [6, 6.07) is 7.93. The summed E-state index contributed by atoms with van der Waals surface area (Å²) in [6.07, 6.45) is 2.72. The standard InChI is InChI=1S/C21H21ClO7/c1-25-17-7-6-14(11-15(17)22)16(23)12-29-20(24)8-5-13-9-18(26-2)21(28-4)19(10-13)27-3/h5-11H,12H2,1-4H3/b8-5+. The number of halogens is 1. The fraction of sp³-hybridized carbons (Fsp3) is 0.238. The highest BCUT2D eigenvalue weighted by Gasteiger charge is 2.13. The molecule has 0 aliphatic heterocycles. The average Bonchev–Trinajstić information content (AvgIpc) is 2.74. The Balaban J connectivity index is 2.02. The molecule has 8 heteroatoms. The molecule has 0 amide bonds. The van der Waals surface area contributed by atoms with Crippen LogP contribution in [0, 0.1) is 0 Å². The van der Waals surface area contributed by atoms with Gasteiger partial charge in [0.25, 0.3) is 0 Å². The van der Waals surface area contributed by atoms with E-state index in [1.807, 2.05) is 0 Å². The molecule has 0 aromatic heterocycles. The monoisotopic (exact) mass is 420 g/mol. The second kappa shape index (κ2) is 10.4.